The van der Waals surface area contributed by atoms with Crippen LogP contribution in [0, 0.1) is 0 Å². The lowest BCUT2D eigenvalue weighted by atomic mass is 9.84. The number of nitrogens with zero attached hydrogens (tertiary/aromatic N) is 2. The summed E-state index contributed by atoms with van der Waals surface area (Å²) in [4.78, 5) is 5.84. The fraction of sp³-hybridized carbons (Fsp3) is 0.467. The van der Waals surface area contributed by atoms with Gasteiger partial charge in [-0.1, -0.05) is 30.3 Å². The van der Waals surface area contributed by atoms with Gasteiger partial charge in [-0.05, 0) is 31.5 Å². The lowest BCUT2D eigenvalue weighted by molar-refractivity contribution is 0.284. The van der Waals surface area contributed by atoms with Gasteiger partial charge in [0, 0.05) is 11.4 Å². The number of aromatic nitrogens is 2. The number of hydrogen-bond donors (Lipinski definition) is 1. The SMILES string of the molecule is CCC1(c2nc(CSc3ccccc3)no2)CCNC1. The van der Waals surface area contributed by atoms with Gasteiger partial charge in [0.25, 0.3) is 0 Å². The number of rotatable bonds is 5. The van der Waals surface area contributed by atoms with E-state index in [-0.39, 0.29) is 5.41 Å². The van der Waals surface area contributed by atoms with E-state index in [1.54, 1.807) is 11.8 Å². The van der Waals surface area contributed by atoms with Gasteiger partial charge in [0.1, 0.15) is 0 Å². The third-order valence-corrected chi connectivity index (χ3v) is 4.96. The van der Waals surface area contributed by atoms with Crippen molar-refractivity contribution in [1.29, 1.82) is 0 Å². The standard InChI is InChI=1S/C15H19N3OS/c1-2-15(8-9-16-11-15)14-17-13(18-19-14)10-20-12-6-4-3-5-7-12/h3-7,16H,2,8-11H2,1H3. The van der Waals surface area contributed by atoms with Gasteiger partial charge >= 0.3 is 0 Å². The summed E-state index contributed by atoms with van der Waals surface area (Å²) in [5.74, 6) is 2.34. The van der Waals surface area contributed by atoms with Crippen LogP contribution in [0.15, 0.2) is 39.8 Å². The van der Waals surface area contributed by atoms with Crippen molar-refractivity contribution in [3.8, 4) is 0 Å². The van der Waals surface area contributed by atoms with Crippen molar-refractivity contribution >= 4 is 11.8 Å². The summed E-state index contributed by atoms with van der Waals surface area (Å²) < 4.78 is 5.52. The van der Waals surface area contributed by atoms with Gasteiger partial charge in [-0.2, -0.15) is 4.98 Å². The minimum atomic E-state index is 0.0443. The van der Waals surface area contributed by atoms with E-state index in [1.807, 2.05) is 18.2 Å². The topological polar surface area (TPSA) is 51.0 Å². The maximum absolute atomic E-state index is 5.52. The molecule has 5 heteroatoms. The van der Waals surface area contributed by atoms with E-state index < -0.39 is 0 Å². The highest BCUT2D eigenvalue weighted by molar-refractivity contribution is 7.98. The molecule has 20 heavy (non-hydrogen) atoms. The van der Waals surface area contributed by atoms with E-state index in [0.717, 1.165) is 43.4 Å². The van der Waals surface area contributed by atoms with Gasteiger partial charge in [0.15, 0.2) is 5.82 Å². The summed E-state index contributed by atoms with van der Waals surface area (Å²) in [5, 5.41) is 7.53. The van der Waals surface area contributed by atoms with E-state index in [9.17, 15) is 0 Å². The monoisotopic (exact) mass is 289 g/mol. The molecule has 1 aliphatic heterocycles. The summed E-state index contributed by atoms with van der Waals surface area (Å²) in [6.45, 7) is 4.16. The molecule has 0 saturated carbocycles. The average molecular weight is 289 g/mol. The molecule has 0 aliphatic carbocycles. The van der Waals surface area contributed by atoms with E-state index in [4.69, 9.17) is 4.52 Å². The highest BCUT2D eigenvalue weighted by atomic mass is 32.2. The zero-order valence-electron chi connectivity index (χ0n) is 11.6. The Balaban J connectivity index is 1.68. The highest BCUT2D eigenvalue weighted by Gasteiger charge is 2.39. The molecular formula is C15H19N3OS. The first kappa shape index (κ1) is 13.6. The summed E-state index contributed by atoms with van der Waals surface area (Å²) in [5.41, 5.74) is 0.0443. The van der Waals surface area contributed by atoms with Crippen LogP contribution in [0.1, 0.15) is 31.5 Å². The van der Waals surface area contributed by atoms with Gasteiger partial charge in [0.2, 0.25) is 5.89 Å². The Morgan fingerprint density at radius 3 is 2.90 bits per heavy atom. The van der Waals surface area contributed by atoms with Crippen LogP contribution >= 0.6 is 11.8 Å². The first-order valence-electron chi connectivity index (χ1n) is 7.04. The minimum Gasteiger partial charge on any atom is -0.339 e. The van der Waals surface area contributed by atoms with Gasteiger partial charge in [-0.15, -0.1) is 11.8 Å². The maximum atomic E-state index is 5.52. The number of hydrogen-bond acceptors (Lipinski definition) is 5. The van der Waals surface area contributed by atoms with Crippen LogP contribution in [0.2, 0.25) is 0 Å². The second-order valence-electron chi connectivity index (χ2n) is 5.18. The number of nitrogens with one attached hydrogen (secondary N) is 1. The molecule has 1 aromatic carbocycles. The smallest absolute Gasteiger partial charge is 0.234 e. The lowest BCUT2D eigenvalue weighted by Gasteiger charge is -2.20. The second-order valence-corrected chi connectivity index (χ2v) is 6.23. The van der Waals surface area contributed by atoms with Gasteiger partial charge < -0.3 is 9.84 Å². The normalized spacial score (nSPS) is 22.2. The lowest BCUT2D eigenvalue weighted by Crippen LogP contribution is -2.28. The first-order valence-corrected chi connectivity index (χ1v) is 8.03. The Kier molecular flexibility index (Phi) is 4.08. The molecule has 0 radical (unpaired) electrons. The molecule has 2 aromatic rings. The van der Waals surface area contributed by atoms with Crippen molar-refractivity contribution in [2.75, 3.05) is 13.1 Å². The molecule has 0 bridgehead atoms. The number of benzene rings is 1. The minimum absolute atomic E-state index is 0.0443. The molecule has 1 saturated heterocycles. The predicted octanol–water partition coefficient (Wildman–Crippen LogP) is 3.00. The average Bonchev–Trinajstić information content (AvgIpc) is 3.16. The van der Waals surface area contributed by atoms with Crippen molar-refractivity contribution in [2.45, 2.75) is 35.8 Å². The van der Waals surface area contributed by atoms with E-state index in [1.165, 1.54) is 4.90 Å². The fourth-order valence-electron chi connectivity index (χ4n) is 2.57. The Bertz CT molecular complexity index is 549. The molecule has 0 spiro atoms. The fourth-order valence-corrected chi connectivity index (χ4v) is 3.33. The molecule has 4 nitrogen and oxygen atoms in total. The van der Waals surface area contributed by atoms with Crippen LogP contribution < -0.4 is 5.32 Å². The second kappa shape index (κ2) is 5.97. The summed E-state index contributed by atoms with van der Waals surface area (Å²) in [6.07, 6.45) is 2.12. The van der Waals surface area contributed by atoms with Crippen LogP contribution in [0.25, 0.3) is 0 Å². The molecule has 0 amide bonds. The van der Waals surface area contributed by atoms with Crippen LogP contribution in [-0.2, 0) is 11.2 Å². The summed E-state index contributed by atoms with van der Waals surface area (Å²) in [7, 11) is 0. The molecular weight excluding hydrogens is 270 g/mol. The molecule has 1 aliphatic rings. The highest BCUT2D eigenvalue weighted by Crippen LogP contribution is 2.33. The van der Waals surface area contributed by atoms with Crippen molar-refractivity contribution in [3.63, 3.8) is 0 Å². The van der Waals surface area contributed by atoms with Crippen molar-refractivity contribution in [1.82, 2.24) is 15.5 Å². The first-order chi connectivity index (χ1) is 9.82. The van der Waals surface area contributed by atoms with Gasteiger partial charge in [-0.25, -0.2) is 0 Å². The Morgan fingerprint density at radius 1 is 1.35 bits per heavy atom. The largest absolute Gasteiger partial charge is 0.339 e. The molecule has 1 atom stereocenters. The molecule has 2 heterocycles. The molecule has 1 unspecified atom stereocenters. The van der Waals surface area contributed by atoms with Gasteiger partial charge in [0.05, 0.1) is 11.2 Å². The van der Waals surface area contributed by atoms with E-state index in [2.05, 4.69) is 34.5 Å². The zero-order chi connectivity index (χ0) is 13.8. The predicted molar refractivity (Wildman–Crippen MR) is 79.8 cm³/mol. The zero-order valence-corrected chi connectivity index (χ0v) is 12.4. The number of thioether (sulfide) groups is 1. The third-order valence-electron chi connectivity index (χ3n) is 3.95. The molecule has 1 fully saturated rings. The van der Waals surface area contributed by atoms with Crippen LogP contribution in [0.4, 0.5) is 0 Å². The Labute approximate surface area is 123 Å². The van der Waals surface area contributed by atoms with Crippen molar-refractivity contribution in [2.24, 2.45) is 0 Å². The Hall–Kier alpha value is -1.33. The molecule has 3 rings (SSSR count). The van der Waals surface area contributed by atoms with Crippen molar-refractivity contribution in [3.05, 3.63) is 42.0 Å². The van der Waals surface area contributed by atoms with Crippen LogP contribution in [-0.4, -0.2) is 23.2 Å². The summed E-state index contributed by atoms with van der Waals surface area (Å²) >= 11 is 1.74. The maximum Gasteiger partial charge on any atom is 0.234 e. The van der Waals surface area contributed by atoms with E-state index >= 15 is 0 Å². The molecule has 106 valence electrons. The van der Waals surface area contributed by atoms with Crippen LogP contribution in [0.5, 0.6) is 0 Å². The van der Waals surface area contributed by atoms with Crippen LogP contribution in [0.3, 0.4) is 0 Å². The third kappa shape index (κ3) is 2.74. The molecule has 1 N–H and O–H groups in total. The summed E-state index contributed by atoms with van der Waals surface area (Å²) in [6, 6.07) is 10.3. The van der Waals surface area contributed by atoms with Crippen molar-refractivity contribution < 1.29 is 4.52 Å². The Morgan fingerprint density at radius 2 is 2.20 bits per heavy atom. The molecule has 1 aromatic heterocycles. The van der Waals surface area contributed by atoms with E-state index in [0.29, 0.717) is 0 Å². The quantitative estimate of drug-likeness (QED) is 0.858. The van der Waals surface area contributed by atoms with Gasteiger partial charge in [-0.3, -0.25) is 0 Å².